The van der Waals surface area contributed by atoms with E-state index in [2.05, 4.69) is 32.7 Å². The number of hydrogen-bond donors (Lipinski definition) is 1. The lowest BCUT2D eigenvalue weighted by Crippen LogP contribution is -2.27. The highest BCUT2D eigenvalue weighted by Gasteiger charge is 2.17. The second-order valence-corrected chi connectivity index (χ2v) is 6.80. The molecule has 1 aliphatic heterocycles. The molecule has 1 aromatic carbocycles. The zero-order valence-corrected chi connectivity index (χ0v) is 13.7. The molecule has 1 atom stereocenters. The number of nitrogens with two attached hydrogens (primary N) is 1. The van der Waals surface area contributed by atoms with Crippen molar-refractivity contribution < 1.29 is 4.39 Å². The summed E-state index contributed by atoms with van der Waals surface area (Å²) < 4.78 is 16.0. The molecule has 4 nitrogen and oxygen atoms in total. The Labute approximate surface area is 132 Å². The van der Waals surface area contributed by atoms with Crippen molar-refractivity contribution in [3.05, 3.63) is 22.4 Å². The van der Waals surface area contributed by atoms with Crippen molar-refractivity contribution in [2.75, 3.05) is 25.4 Å². The lowest BCUT2D eigenvalue weighted by molar-refractivity contribution is 0.273. The first kappa shape index (κ1) is 14.8. The Kier molecular flexibility index (Phi) is 4.17. The molecule has 1 aliphatic rings. The minimum Gasteiger partial charge on any atom is -0.369 e. The molecule has 1 unspecified atom stereocenters. The van der Waals surface area contributed by atoms with Crippen LogP contribution in [-0.2, 0) is 6.54 Å². The average molecular weight is 355 g/mol. The van der Waals surface area contributed by atoms with Gasteiger partial charge in [-0.25, -0.2) is 9.37 Å². The lowest BCUT2D eigenvalue weighted by atomic mass is 10.1. The molecule has 1 aromatic heterocycles. The lowest BCUT2D eigenvalue weighted by Gasteiger charge is -2.21. The molecule has 0 saturated carbocycles. The summed E-state index contributed by atoms with van der Waals surface area (Å²) in [6.45, 7) is 6.49. The number of rotatable bonds is 4. The van der Waals surface area contributed by atoms with Crippen LogP contribution in [0.3, 0.4) is 0 Å². The van der Waals surface area contributed by atoms with E-state index in [1.807, 2.05) is 4.57 Å². The van der Waals surface area contributed by atoms with Gasteiger partial charge in [-0.2, -0.15) is 0 Å². The molecule has 1 saturated heterocycles. The summed E-state index contributed by atoms with van der Waals surface area (Å²) in [6, 6.07) is 3.19. The molecule has 3 rings (SSSR count). The number of imidazole rings is 1. The molecule has 1 fully saturated rings. The van der Waals surface area contributed by atoms with Crippen molar-refractivity contribution in [2.24, 2.45) is 5.92 Å². The second-order valence-electron chi connectivity index (χ2n) is 5.95. The van der Waals surface area contributed by atoms with Crippen molar-refractivity contribution in [1.29, 1.82) is 0 Å². The standard InChI is InChI=1S/C15H20BrFN4/c1-10(8-20-4-2-3-5-20)9-21-14-6-11(16)12(17)7-13(14)19-15(21)18/h6-7,10H,2-5,8-9H2,1H3,(H2,18,19). The number of fused-ring (bicyclic) bond motifs is 1. The second kappa shape index (κ2) is 5.93. The molecule has 0 spiro atoms. The summed E-state index contributed by atoms with van der Waals surface area (Å²) in [4.78, 5) is 6.76. The van der Waals surface area contributed by atoms with E-state index in [4.69, 9.17) is 5.73 Å². The average Bonchev–Trinajstić information content (AvgIpc) is 3.01. The van der Waals surface area contributed by atoms with Crippen LogP contribution in [0.5, 0.6) is 0 Å². The molecule has 2 aromatic rings. The van der Waals surface area contributed by atoms with Crippen LogP contribution in [0.4, 0.5) is 10.3 Å². The van der Waals surface area contributed by atoms with Gasteiger partial charge in [0.25, 0.3) is 0 Å². The molecule has 114 valence electrons. The zero-order chi connectivity index (χ0) is 15.0. The Morgan fingerprint density at radius 2 is 2.05 bits per heavy atom. The topological polar surface area (TPSA) is 47.1 Å². The first-order valence-electron chi connectivity index (χ1n) is 7.37. The van der Waals surface area contributed by atoms with E-state index in [1.54, 1.807) is 6.07 Å². The fourth-order valence-corrected chi connectivity index (χ4v) is 3.44. The maximum Gasteiger partial charge on any atom is 0.201 e. The fraction of sp³-hybridized carbons (Fsp3) is 0.533. The predicted octanol–water partition coefficient (Wildman–Crippen LogP) is 3.25. The van der Waals surface area contributed by atoms with Gasteiger partial charge in [-0.15, -0.1) is 0 Å². The SMILES string of the molecule is CC(CN1CCCC1)Cn1c(N)nc2cc(F)c(Br)cc21. The van der Waals surface area contributed by atoms with E-state index in [0.717, 1.165) is 18.6 Å². The van der Waals surface area contributed by atoms with Crippen LogP contribution in [0.1, 0.15) is 19.8 Å². The minimum absolute atomic E-state index is 0.308. The molecule has 21 heavy (non-hydrogen) atoms. The monoisotopic (exact) mass is 354 g/mol. The number of likely N-dealkylation sites (tertiary alicyclic amines) is 1. The number of benzene rings is 1. The third-order valence-corrected chi connectivity index (χ3v) is 4.69. The summed E-state index contributed by atoms with van der Waals surface area (Å²) in [5.74, 6) is 0.625. The van der Waals surface area contributed by atoms with Crippen LogP contribution >= 0.6 is 15.9 Å². The van der Waals surface area contributed by atoms with Crippen LogP contribution < -0.4 is 5.73 Å². The fourth-order valence-electron chi connectivity index (χ4n) is 3.11. The minimum atomic E-state index is -0.308. The molecule has 0 aliphatic carbocycles. The van der Waals surface area contributed by atoms with E-state index >= 15 is 0 Å². The third kappa shape index (κ3) is 3.06. The Hall–Kier alpha value is -1.14. The van der Waals surface area contributed by atoms with Gasteiger partial charge in [-0.1, -0.05) is 6.92 Å². The highest BCUT2D eigenvalue weighted by Crippen LogP contribution is 2.26. The number of nitrogen functional groups attached to an aromatic ring is 1. The Bertz CT molecular complexity index is 649. The summed E-state index contributed by atoms with van der Waals surface area (Å²) in [7, 11) is 0. The summed E-state index contributed by atoms with van der Waals surface area (Å²) in [5, 5.41) is 0. The Balaban J connectivity index is 1.82. The maximum atomic E-state index is 13.6. The number of aromatic nitrogens is 2. The van der Waals surface area contributed by atoms with Crippen molar-refractivity contribution in [3.63, 3.8) is 0 Å². The number of halogens is 2. The number of hydrogen-bond acceptors (Lipinski definition) is 3. The van der Waals surface area contributed by atoms with Crippen molar-refractivity contribution in [1.82, 2.24) is 14.5 Å². The molecular formula is C15H20BrFN4. The first-order valence-corrected chi connectivity index (χ1v) is 8.17. The smallest absolute Gasteiger partial charge is 0.201 e. The summed E-state index contributed by atoms with van der Waals surface area (Å²) in [5.41, 5.74) is 7.51. The van der Waals surface area contributed by atoms with Crippen LogP contribution in [0, 0.1) is 11.7 Å². The zero-order valence-electron chi connectivity index (χ0n) is 12.1. The summed E-state index contributed by atoms with van der Waals surface area (Å²) in [6.07, 6.45) is 2.60. The third-order valence-electron chi connectivity index (χ3n) is 4.08. The van der Waals surface area contributed by atoms with E-state index in [1.165, 1.54) is 32.0 Å². The highest BCUT2D eigenvalue weighted by molar-refractivity contribution is 9.10. The quantitative estimate of drug-likeness (QED) is 0.916. The molecule has 2 N–H and O–H groups in total. The van der Waals surface area contributed by atoms with Gasteiger partial charge in [0.15, 0.2) is 0 Å². The van der Waals surface area contributed by atoms with Crippen molar-refractivity contribution in [3.8, 4) is 0 Å². The Morgan fingerprint density at radius 3 is 2.76 bits per heavy atom. The van der Waals surface area contributed by atoms with Gasteiger partial charge >= 0.3 is 0 Å². The van der Waals surface area contributed by atoms with Gasteiger partial charge in [0.2, 0.25) is 5.95 Å². The van der Waals surface area contributed by atoms with E-state index in [-0.39, 0.29) is 5.82 Å². The molecular weight excluding hydrogens is 335 g/mol. The molecule has 2 heterocycles. The molecule has 0 bridgehead atoms. The first-order chi connectivity index (χ1) is 10.0. The van der Waals surface area contributed by atoms with Gasteiger partial charge in [-0.3, -0.25) is 0 Å². The maximum absolute atomic E-state index is 13.6. The highest BCUT2D eigenvalue weighted by atomic mass is 79.9. The molecule has 0 radical (unpaired) electrons. The van der Waals surface area contributed by atoms with Gasteiger partial charge in [0.05, 0.1) is 15.5 Å². The van der Waals surface area contributed by atoms with Crippen LogP contribution in [-0.4, -0.2) is 34.1 Å². The number of nitrogens with zero attached hydrogens (tertiary/aromatic N) is 3. The van der Waals surface area contributed by atoms with Crippen LogP contribution in [0.2, 0.25) is 0 Å². The van der Waals surface area contributed by atoms with Gasteiger partial charge in [0, 0.05) is 19.2 Å². The summed E-state index contributed by atoms with van der Waals surface area (Å²) >= 11 is 3.23. The normalized spacial score (nSPS) is 17.7. The van der Waals surface area contributed by atoms with Gasteiger partial charge in [-0.05, 0) is 53.8 Å². The molecule has 6 heteroatoms. The van der Waals surface area contributed by atoms with Crippen LogP contribution in [0.15, 0.2) is 16.6 Å². The van der Waals surface area contributed by atoms with Crippen molar-refractivity contribution >= 4 is 32.9 Å². The largest absolute Gasteiger partial charge is 0.369 e. The number of anilines is 1. The van der Waals surface area contributed by atoms with E-state index in [0.29, 0.717) is 21.9 Å². The predicted molar refractivity (Wildman–Crippen MR) is 86.6 cm³/mol. The van der Waals surface area contributed by atoms with Crippen molar-refractivity contribution in [2.45, 2.75) is 26.3 Å². The Morgan fingerprint density at radius 1 is 1.33 bits per heavy atom. The van der Waals surface area contributed by atoms with E-state index < -0.39 is 0 Å². The van der Waals surface area contributed by atoms with Gasteiger partial charge in [0.1, 0.15) is 5.82 Å². The molecule has 0 amide bonds. The van der Waals surface area contributed by atoms with E-state index in [9.17, 15) is 4.39 Å². The van der Waals surface area contributed by atoms with Crippen LogP contribution in [0.25, 0.3) is 11.0 Å². The van der Waals surface area contributed by atoms with Gasteiger partial charge < -0.3 is 15.2 Å².